The summed E-state index contributed by atoms with van der Waals surface area (Å²) in [7, 11) is 1.96. The first-order valence-corrected chi connectivity index (χ1v) is 8.31. The van der Waals surface area contributed by atoms with E-state index in [0.717, 1.165) is 49.9 Å². The second-order valence-corrected chi connectivity index (χ2v) is 5.98. The molecule has 2 atom stereocenters. The standard InChI is InChI=1S/C15H27ClN4O/c1-4-6-19-8-9-21-13(11-19)14(17-3)15-12(16)10-18-20(15)7-5-2/h10,13-14,17H,4-9,11H2,1-3H3. The fourth-order valence-corrected chi connectivity index (χ4v) is 3.28. The number of aryl methyl sites for hydroxylation is 1. The highest BCUT2D eigenvalue weighted by atomic mass is 35.5. The monoisotopic (exact) mass is 314 g/mol. The van der Waals surface area contributed by atoms with Gasteiger partial charge in [-0.1, -0.05) is 25.4 Å². The Morgan fingerprint density at radius 1 is 1.43 bits per heavy atom. The largest absolute Gasteiger partial charge is 0.374 e. The molecule has 0 amide bonds. The average molecular weight is 315 g/mol. The van der Waals surface area contributed by atoms with Gasteiger partial charge in [0, 0.05) is 19.6 Å². The van der Waals surface area contributed by atoms with Crippen LogP contribution in [-0.4, -0.2) is 54.1 Å². The predicted molar refractivity (Wildman–Crippen MR) is 85.8 cm³/mol. The van der Waals surface area contributed by atoms with Crippen molar-refractivity contribution in [2.45, 2.75) is 45.4 Å². The van der Waals surface area contributed by atoms with Gasteiger partial charge in [0.05, 0.1) is 35.7 Å². The van der Waals surface area contributed by atoms with E-state index in [1.54, 1.807) is 6.20 Å². The molecule has 5 nitrogen and oxygen atoms in total. The van der Waals surface area contributed by atoms with Gasteiger partial charge in [-0.3, -0.25) is 9.58 Å². The molecule has 21 heavy (non-hydrogen) atoms. The van der Waals surface area contributed by atoms with Crippen molar-refractivity contribution >= 4 is 11.6 Å². The summed E-state index contributed by atoms with van der Waals surface area (Å²) in [5.74, 6) is 0. The van der Waals surface area contributed by atoms with Gasteiger partial charge in [-0.15, -0.1) is 0 Å². The number of nitrogens with zero attached hydrogens (tertiary/aromatic N) is 3. The molecule has 0 aliphatic carbocycles. The third-order valence-corrected chi connectivity index (χ3v) is 4.25. The molecule has 0 saturated carbocycles. The molecule has 1 aromatic rings. The number of morpholine rings is 1. The van der Waals surface area contributed by atoms with E-state index >= 15 is 0 Å². The normalized spacial score (nSPS) is 21.6. The number of nitrogens with one attached hydrogen (secondary N) is 1. The maximum Gasteiger partial charge on any atom is 0.0912 e. The first kappa shape index (κ1) is 16.7. The highest BCUT2D eigenvalue weighted by Crippen LogP contribution is 2.28. The summed E-state index contributed by atoms with van der Waals surface area (Å²) in [5, 5.41) is 8.50. The van der Waals surface area contributed by atoms with Crippen molar-refractivity contribution in [1.29, 1.82) is 0 Å². The van der Waals surface area contributed by atoms with Gasteiger partial charge >= 0.3 is 0 Å². The summed E-state index contributed by atoms with van der Waals surface area (Å²) in [6.45, 7) is 9.10. The molecule has 2 rings (SSSR count). The van der Waals surface area contributed by atoms with E-state index in [4.69, 9.17) is 16.3 Å². The molecule has 2 heterocycles. The van der Waals surface area contributed by atoms with Crippen molar-refractivity contribution in [3.8, 4) is 0 Å². The Hall–Kier alpha value is -0.620. The quantitative estimate of drug-likeness (QED) is 0.838. The van der Waals surface area contributed by atoms with Crippen LogP contribution in [0.5, 0.6) is 0 Å². The van der Waals surface area contributed by atoms with Gasteiger partial charge in [0.1, 0.15) is 0 Å². The number of likely N-dealkylation sites (N-methyl/N-ethyl adjacent to an activating group) is 1. The Morgan fingerprint density at radius 3 is 2.86 bits per heavy atom. The van der Waals surface area contributed by atoms with E-state index in [0.29, 0.717) is 0 Å². The van der Waals surface area contributed by atoms with E-state index in [1.165, 1.54) is 6.42 Å². The van der Waals surface area contributed by atoms with Crippen LogP contribution in [0.2, 0.25) is 5.02 Å². The molecule has 6 heteroatoms. The number of hydrogen-bond donors (Lipinski definition) is 1. The van der Waals surface area contributed by atoms with Crippen LogP contribution >= 0.6 is 11.6 Å². The van der Waals surface area contributed by atoms with Gasteiger partial charge in [-0.2, -0.15) is 5.10 Å². The van der Waals surface area contributed by atoms with E-state index in [-0.39, 0.29) is 12.1 Å². The number of aromatic nitrogens is 2. The lowest BCUT2D eigenvalue weighted by molar-refractivity contribution is -0.0472. The topological polar surface area (TPSA) is 42.3 Å². The van der Waals surface area contributed by atoms with E-state index in [9.17, 15) is 0 Å². The summed E-state index contributed by atoms with van der Waals surface area (Å²) >= 11 is 6.38. The van der Waals surface area contributed by atoms with Crippen molar-refractivity contribution in [2.75, 3.05) is 33.3 Å². The third kappa shape index (κ3) is 3.97. The van der Waals surface area contributed by atoms with Gasteiger partial charge in [-0.05, 0) is 26.4 Å². The maximum absolute atomic E-state index is 6.38. The zero-order valence-electron chi connectivity index (χ0n) is 13.3. The van der Waals surface area contributed by atoms with Crippen LogP contribution in [0.1, 0.15) is 38.4 Å². The van der Waals surface area contributed by atoms with E-state index < -0.39 is 0 Å². The Labute approximate surface area is 132 Å². The molecule has 2 unspecified atom stereocenters. The molecule has 0 spiro atoms. The molecule has 1 aliphatic rings. The average Bonchev–Trinajstić information content (AvgIpc) is 2.83. The van der Waals surface area contributed by atoms with Gasteiger partial charge in [0.15, 0.2) is 0 Å². The number of hydrogen-bond acceptors (Lipinski definition) is 4. The van der Waals surface area contributed by atoms with E-state index in [2.05, 4.69) is 29.2 Å². The number of ether oxygens (including phenoxy) is 1. The second-order valence-electron chi connectivity index (χ2n) is 5.58. The van der Waals surface area contributed by atoms with Crippen LogP contribution in [0.25, 0.3) is 0 Å². The summed E-state index contributed by atoms with van der Waals surface area (Å²) in [6, 6.07) is 0.0752. The van der Waals surface area contributed by atoms with Crippen LogP contribution in [0.3, 0.4) is 0 Å². The molecule has 1 fully saturated rings. The van der Waals surface area contributed by atoms with Crippen LogP contribution in [0.4, 0.5) is 0 Å². The SMILES string of the molecule is CCCN1CCOC(C(NC)c2c(Cl)cnn2CCC)C1. The fourth-order valence-electron chi connectivity index (χ4n) is 3.02. The van der Waals surface area contributed by atoms with Crippen molar-refractivity contribution in [2.24, 2.45) is 0 Å². The van der Waals surface area contributed by atoms with Crippen LogP contribution in [-0.2, 0) is 11.3 Å². The molecule has 1 aromatic heterocycles. The molecule has 1 N–H and O–H groups in total. The molecule has 0 bridgehead atoms. The molecular formula is C15H27ClN4O. The zero-order chi connectivity index (χ0) is 15.2. The predicted octanol–water partition coefficient (Wildman–Crippen LogP) is 2.32. The van der Waals surface area contributed by atoms with Crippen molar-refractivity contribution < 1.29 is 4.74 Å². The van der Waals surface area contributed by atoms with Crippen molar-refractivity contribution in [1.82, 2.24) is 20.0 Å². The Bertz CT molecular complexity index is 435. The second kappa shape index (κ2) is 8.13. The minimum atomic E-state index is 0.0752. The Morgan fingerprint density at radius 2 is 2.19 bits per heavy atom. The van der Waals surface area contributed by atoms with Gasteiger partial charge in [-0.25, -0.2) is 0 Å². The molecule has 120 valence electrons. The summed E-state index contributed by atoms with van der Waals surface area (Å²) in [6.07, 6.45) is 4.06. The van der Waals surface area contributed by atoms with Crippen LogP contribution in [0, 0.1) is 0 Å². The molecule has 1 saturated heterocycles. The highest BCUT2D eigenvalue weighted by molar-refractivity contribution is 6.31. The zero-order valence-corrected chi connectivity index (χ0v) is 14.1. The van der Waals surface area contributed by atoms with Gasteiger partial charge < -0.3 is 10.1 Å². The summed E-state index contributed by atoms with van der Waals surface area (Å²) in [5.41, 5.74) is 1.05. The fraction of sp³-hybridized carbons (Fsp3) is 0.800. The Balaban J connectivity index is 2.17. The molecule has 0 radical (unpaired) electrons. The highest BCUT2D eigenvalue weighted by Gasteiger charge is 2.31. The molecule has 1 aliphatic heterocycles. The lowest BCUT2D eigenvalue weighted by atomic mass is 10.1. The van der Waals surface area contributed by atoms with Crippen LogP contribution < -0.4 is 5.32 Å². The van der Waals surface area contributed by atoms with Gasteiger partial charge in [0.2, 0.25) is 0 Å². The molecular weight excluding hydrogens is 288 g/mol. The lowest BCUT2D eigenvalue weighted by Crippen LogP contribution is -2.48. The number of halogens is 1. The van der Waals surface area contributed by atoms with Crippen LogP contribution in [0.15, 0.2) is 6.20 Å². The summed E-state index contributed by atoms with van der Waals surface area (Å²) < 4.78 is 8.02. The van der Waals surface area contributed by atoms with Crippen molar-refractivity contribution in [3.63, 3.8) is 0 Å². The van der Waals surface area contributed by atoms with E-state index in [1.807, 2.05) is 11.7 Å². The van der Waals surface area contributed by atoms with Gasteiger partial charge in [0.25, 0.3) is 0 Å². The van der Waals surface area contributed by atoms with Crippen molar-refractivity contribution in [3.05, 3.63) is 16.9 Å². The maximum atomic E-state index is 6.38. The molecule has 0 aromatic carbocycles. The first-order valence-electron chi connectivity index (χ1n) is 7.93. The lowest BCUT2D eigenvalue weighted by Gasteiger charge is -2.37. The third-order valence-electron chi connectivity index (χ3n) is 3.96. The Kier molecular flexibility index (Phi) is 6.48. The number of rotatable bonds is 7. The smallest absolute Gasteiger partial charge is 0.0912 e. The summed E-state index contributed by atoms with van der Waals surface area (Å²) in [4.78, 5) is 2.47. The minimum absolute atomic E-state index is 0.0752. The first-order chi connectivity index (χ1) is 10.2. The minimum Gasteiger partial charge on any atom is -0.374 e.